The molecule has 2 atom stereocenters. The summed E-state index contributed by atoms with van der Waals surface area (Å²) in [7, 11) is 0. The molecule has 2 heterocycles. The minimum atomic E-state index is 0.683. The van der Waals surface area contributed by atoms with Crippen LogP contribution in [0.2, 0.25) is 0 Å². The molecule has 3 nitrogen and oxygen atoms in total. The molecule has 94 valence electrons. The van der Waals surface area contributed by atoms with Gasteiger partial charge in [-0.2, -0.15) is 0 Å². The lowest BCUT2D eigenvalue weighted by Gasteiger charge is -2.26. The first-order valence-corrected chi connectivity index (χ1v) is 6.96. The molecule has 0 radical (unpaired) electrons. The quantitative estimate of drug-likeness (QED) is 0.779. The molecule has 0 spiro atoms. The molecule has 2 unspecified atom stereocenters. The highest BCUT2D eigenvalue weighted by Crippen LogP contribution is 2.21. The van der Waals surface area contributed by atoms with E-state index < -0.39 is 0 Å². The van der Waals surface area contributed by atoms with Crippen LogP contribution < -0.4 is 5.73 Å². The Labute approximate surface area is 100.0 Å². The summed E-state index contributed by atoms with van der Waals surface area (Å²) in [5.74, 6) is 0.683. The SMILES string of the molecule is CC(CN)CCN1CCCN2CCCC2C1. The van der Waals surface area contributed by atoms with Crippen LogP contribution in [-0.2, 0) is 0 Å². The minimum Gasteiger partial charge on any atom is -0.330 e. The molecule has 2 aliphatic rings. The van der Waals surface area contributed by atoms with Gasteiger partial charge in [-0.05, 0) is 64.3 Å². The Morgan fingerprint density at radius 3 is 2.88 bits per heavy atom. The van der Waals surface area contributed by atoms with Crippen molar-refractivity contribution in [3.05, 3.63) is 0 Å². The van der Waals surface area contributed by atoms with Gasteiger partial charge in [0, 0.05) is 12.6 Å². The second-order valence-corrected chi connectivity index (χ2v) is 5.62. The average molecular weight is 225 g/mol. The predicted octanol–water partition coefficient (Wildman–Crippen LogP) is 1.14. The number of fused-ring (bicyclic) bond motifs is 1. The standard InChI is InChI=1S/C13H27N3/c1-12(10-14)5-9-15-6-3-8-16-7-2-4-13(16)11-15/h12-13H,2-11,14H2,1H3. The van der Waals surface area contributed by atoms with Crippen molar-refractivity contribution in [2.75, 3.05) is 39.3 Å². The van der Waals surface area contributed by atoms with E-state index in [2.05, 4.69) is 16.7 Å². The third kappa shape index (κ3) is 3.19. The van der Waals surface area contributed by atoms with E-state index in [1.165, 1.54) is 58.4 Å². The van der Waals surface area contributed by atoms with Crippen LogP contribution in [0.15, 0.2) is 0 Å². The van der Waals surface area contributed by atoms with Crippen molar-refractivity contribution in [1.82, 2.24) is 9.80 Å². The molecule has 0 bridgehead atoms. The zero-order valence-electron chi connectivity index (χ0n) is 10.7. The summed E-state index contributed by atoms with van der Waals surface area (Å²) in [6.45, 7) is 9.62. The maximum absolute atomic E-state index is 5.68. The van der Waals surface area contributed by atoms with Gasteiger partial charge in [-0.25, -0.2) is 0 Å². The third-order valence-electron chi connectivity index (χ3n) is 4.23. The van der Waals surface area contributed by atoms with Crippen molar-refractivity contribution in [2.24, 2.45) is 11.7 Å². The lowest BCUT2D eigenvalue weighted by molar-refractivity contribution is 0.212. The second kappa shape index (κ2) is 5.99. The van der Waals surface area contributed by atoms with Crippen molar-refractivity contribution < 1.29 is 0 Å². The zero-order chi connectivity index (χ0) is 11.4. The topological polar surface area (TPSA) is 32.5 Å². The lowest BCUT2D eigenvalue weighted by atomic mass is 10.1. The molecule has 3 heteroatoms. The zero-order valence-corrected chi connectivity index (χ0v) is 10.7. The van der Waals surface area contributed by atoms with Gasteiger partial charge in [-0.15, -0.1) is 0 Å². The van der Waals surface area contributed by atoms with E-state index >= 15 is 0 Å². The molecule has 2 aliphatic heterocycles. The van der Waals surface area contributed by atoms with Crippen LogP contribution >= 0.6 is 0 Å². The van der Waals surface area contributed by atoms with Crippen LogP contribution in [-0.4, -0.2) is 55.1 Å². The van der Waals surface area contributed by atoms with E-state index in [-0.39, 0.29) is 0 Å². The van der Waals surface area contributed by atoms with Crippen molar-refractivity contribution in [3.63, 3.8) is 0 Å². The molecule has 0 aromatic heterocycles. The van der Waals surface area contributed by atoms with Crippen LogP contribution in [0.25, 0.3) is 0 Å². The summed E-state index contributed by atoms with van der Waals surface area (Å²) in [6, 6.07) is 0.857. The van der Waals surface area contributed by atoms with Crippen LogP contribution in [0.3, 0.4) is 0 Å². The Morgan fingerprint density at radius 2 is 2.06 bits per heavy atom. The molecule has 2 rings (SSSR count). The molecule has 2 N–H and O–H groups in total. The molecular formula is C13H27N3. The molecule has 2 saturated heterocycles. The molecule has 0 saturated carbocycles. The number of nitrogens with zero attached hydrogens (tertiary/aromatic N) is 2. The average Bonchev–Trinajstić information content (AvgIpc) is 2.64. The van der Waals surface area contributed by atoms with E-state index in [4.69, 9.17) is 5.73 Å². The van der Waals surface area contributed by atoms with Crippen LogP contribution in [0.5, 0.6) is 0 Å². The van der Waals surface area contributed by atoms with Crippen molar-refractivity contribution in [1.29, 1.82) is 0 Å². The summed E-state index contributed by atoms with van der Waals surface area (Å²) in [5.41, 5.74) is 5.68. The highest BCUT2D eigenvalue weighted by atomic mass is 15.3. The van der Waals surface area contributed by atoms with Gasteiger partial charge in [0.05, 0.1) is 0 Å². The van der Waals surface area contributed by atoms with Gasteiger partial charge in [0.1, 0.15) is 0 Å². The number of hydrogen-bond acceptors (Lipinski definition) is 3. The third-order valence-corrected chi connectivity index (χ3v) is 4.23. The highest BCUT2D eigenvalue weighted by molar-refractivity contribution is 4.84. The van der Waals surface area contributed by atoms with E-state index in [0.29, 0.717) is 5.92 Å². The van der Waals surface area contributed by atoms with Crippen molar-refractivity contribution in [3.8, 4) is 0 Å². The van der Waals surface area contributed by atoms with Gasteiger partial charge in [0.15, 0.2) is 0 Å². The van der Waals surface area contributed by atoms with Gasteiger partial charge in [0.2, 0.25) is 0 Å². The van der Waals surface area contributed by atoms with E-state index in [9.17, 15) is 0 Å². The maximum atomic E-state index is 5.68. The lowest BCUT2D eigenvalue weighted by Crippen LogP contribution is -2.37. The van der Waals surface area contributed by atoms with Gasteiger partial charge < -0.3 is 10.6 Å². The fourth-order valence-corrected chi connectivity index (χ4v) is 3.01. The Bertz CT molecular complexity index is 207. The highest BCUT2D eigenvalue weighted by Gasteiger charge is 2.28. The largest absolute Gasteiger partial charge is 0.330 e. The van der Waals surface area contributed by atoms with Crippen molar-refractivity contribution >= 4 is 0 Å². The smallest absolute Gasteiger partial charge is 0.0223 e. The maximum Gasteiger partial charge on any atom is 0.0223 e. The summed E-state index contributed by atoms with van der Waals surface area (Å²) in [6.07, 6.45) is 5.46. The summed E-state index contributed by atoms with van der Waals surface area (Å²) in [4.78, 5) is 5.37. The Balaban J connectivity index is 1.77. The molecule has 0 amide bonds. The van der Waals surface area contributed by atoms with E-state index in [1.54, 1.807) is 0 Å². The normalized spacial score (nSPS) is 30.0. The van der Waals surface area contributed by atoms with Gasteiger partial charge in [0.25, 0.3) is 0 Å². The fraction of sp³-hybridized carbons (Fsp3) is 1.00. The Hall–Kier alpha value is -0.120. The van der Waals surface area contributed by atoms with Crippen LogP contribution in [0, 0.1) is 5.92 Å². The number of nitrogens with two attached hydrogens (primary N) is 1. The minimum absolute atomic E-state index is 0.683. The monoisotopic (exact) mass is 225 g/mol. The van der Waals surface area contributed by atoms with Crippen LogP contribution in [0.4, 0.5) is 0 Å². The number of hydrogen-bond donors (Lipinski definition) is 1. The molecule has 2 fully saturated rings. The molecular weight excluding hydrogens is 198 g/mol. The summed E-state index contributed by atoms with van der Waals surface area (Å²) >= 11 is 0. The molecule has 0 aromatic carbocycles. The van der Waals surface area contributed by atoms with Crippen LogP contribution in [0.1, 0.15) is 32.6 Å². The summed E-state index contributed by atoms with van der Waals surface area (Å²) in [5, 5.41) is 0. The Morgan fingerprint density at radius 1 is 1.25 bits per heavy atom. The predicted molar refractivity (Wildman–Crippen MR) is 68.5 cm³/mol. The fourth-order valence-electron chi connectivity index (χ4n) is 3.01. The first-order chi connectivity index (χ1) is 7.79. The molecule has 16 heavy (non-hydrogen) atoms. The molecule has 0 aromatic rings. The first-order valence-electron chi connectivity index (χ1n) is 6.96. The van der Waals surface area contributed by atoms with Crippen molar-refractivity contribution in [2.45, 2.75) is 38.6 Å². The summed E-state index contributed by atoms with van der Waals surface area (Å²) < 4.78 is 0. The van der Waals surface area contributed by atoms with Gasteiger partial charge in [-0.3, -0.25) is 4.90 Å². The molecule has 0 aliphatic carbocycles. The number of rotatable bonds is 4. The van der Waals surface area contributed by atoms with Gasteiger partial charge >= 0.3 is 0 Å². The Kier molecular flexibility index (Phi) is 4.62. The van der Waals surface area contributed by atoms with E-state index in [1.807, 2.05) is 0 Å². The van der Waals surface area contributed by atoms with Gasteiger partial charge in [-0.1, -0.05) is 6.92 Å². The first kappa shape index (κ1) is 12.3. The van der Waals surface area contributed by atoms with E-state index in [0.717, 1.165) is 12.6 Å². The second-order valence-electron chi connectivity index (χ2n) is 5.62.